The molecule has 0 aliphatic carbocycles. The highest BCUT2D eigenvalue weighted by Crippen LogP contribution is 2.25. The molecule has 0 saturated carbocycles. The second-order valence-corrected chi connectivity index (χ2v) is 4.04. The van der Waals surface area contributed by atoms with Gasteiger partial charge < -0.3 is 19.3 Å². The number of carbonyl (C=O) groups is 1. The summed E-state index contributed by atoms with van der Waals surface area (Å²) in [6.45, 7) is 1.64. The molecule has 21 heavy (non-hydrogen) atoms. The van der Waals surface area contributed by atoms with Crippen LogP contribution in [0.2, 0.25) is 0 Å². The summed E-state index contributed by atoms with van der Waals surface area (Å²) in [5.74, 6) is 4.59. The maximum atomic E-state index is 11.3. The van der Waals surface area contributed by atoms with Crippen LogP contribution in [0.3, 0.4) is 0 Å². The number of nitrogens with one attached hydrogen (secondary N) is 1. The number of hydrazine groups is 1. The summed E-state index contributed by atoms with van der Waals surface area (Å²) in [5.41, 5.74) is 2.52. The van der Waals surface area contributed by atoms with E-state index >= 15 is 0 Å². The number of nitro groups is 1. The smallest absolute Gasteiger partial charge is 0.406 e. The van der Waals surface area contributed by atoms with Crippen LogP contribution in [0.5, 0.6) is 5.75 Å². The second-order valence-electron chi connectivity index (χ2n) is 4.04. The van der Waals surface area contributed by atoms with Gasteiger partial charge in [0.15, 0.2) is 5.76 Å². The van der Waals surface area contributed by atoms with Gasteiger partial charge in [-0.2, -0.15) is 0 Å². The Balaban J connectivity index is 2.15. The highest BCUT2D eigenvalue weighted by molar-refractivity contribution is 5.91. The summed E-state index contributed by atoms with van der Waals surface area (Å²) < 4.78 is 10.6. The number of aromatic nitrogens is 1. The first-order valence-corrected chi connectivity index (χ1v) is 5.85. The van der Waals surface area contributed by atoms with Gasteiger partial charge in [-0.05, 0) is 35.0 Å². The van der Waals surface area contributed by atoms with Gasteiger partial charge in [-0.1, -0.05) is 0 Å². The van der Waals surface area contributed by atoms with E-state index in [9.17, 15) is 14.9 Å². The number of hydrogen-bond acceptors (Lipinski definition) is 7. The molecule has 0 aliphatic heterocycles. The van der Waals surface area contributed by atoms with Crippen molar-refractivity contribution >= 4 is 11.7 Å². The molecular formula is C12H12N4O5. The Labute approximate surface area is 118 Å². The van der Waals surface area contributed by atoms with E-state index < -0.39 is 10.8 Å². The number of furan rings is 1. The minimum absolute atomic E-state index is 0.000280. The minimum Gasteiger partial charge on any atom is -0.481 e. The molecular weight excluding hydrogens is 280 g/mol. The minimum atomic E-state index is -0.634. The standard InChI is InChI=1S/C12H12N4O5/c1-7-8(5-10(21-7)12(17)15-13)6-20-9-3-2-4-14-11(9)16(18)19/h2-5H,6,13H2,1H3,(H,15,17). The van der Waals surface area contributed by atoms with Gasteiger partial charge in [0.25, 0.3) is 0 Å². The number of aryl methyl sites for hydroxylation is 1. The average molecular weight is 292 g/mol. The van der Waals surface area contributed by atoms with Crippen LogP contribution in [0.25, 0.3) is 0 Å². The molecule has 1 amide bonds. The summed E-state index contributed by atoms with van der Waals surface area (Å²) in [6.07, 6.45) is 1.30. The van der Waals surface area contributed by atoms with E-state index in [1.165, 1.54) is 24.4 Å². The fourth-order valence-corrected chi connectivity index (χ4v) is 1.63. The highest BCUT2D eigenvalue weighted by Gasteiger charge is 2.18. The third-order valence-electron chi connectivity index (χ3n) is 2.68. The Bertz CT molecular complexity index is 682. The van der Waals surface area contributed by atoms with Crippen LogP contribution >= 0.6 is 0 Å². The Kier molecular flexibility index (Phi) is 4.14. The molecule has 3 N–H and O–H groups in total. The summed E-state index contributed by atoms with van der Waals surface area (Å²) in [7, 11) is 0. The average Bonchev–Trinajstić information content (AvgIpc) is 2.85. The molecule has 9 heteroatoms. The van der Waals surface area contributed by atoms with E-state index in [1.807, 2.05) is 5.43 Å². The predicted molar refractivity (Wildman–Crippen MR) is 70.3 cm³/mol. The first kappa shape index (κ1) is 14.5. The molecule has 0 aliphatic rings. The van der Waals surface area contributed by atoms with Crippen LogP contribution in [0.4, 0.5) is 5.82 Å². The Morgan fingerprint density at radius 3 is 3.05 bits per heavy atom. The number of amides is 1. The molecule has 2 aromatic rings. The molecule has 0 saturated heterocycles. The van der Waals surface area contributed by atoms with Crippen LogP contribution in [-0.2, 0) is 6.61 Å². The largest absolute Gasteiger partial charge is 0.481 e. The highest BCUT2D eigenvalue weighted by atomic mass is 16.6. The van der Waals surface area contributed by atoms with E-state index in [-0.39, 0.29) is 23.9 Å². The fourth-order valence-electron chi connectivity index (χ4n) is 1.63. The zero-order valence-electron chi connectivity index (χ0n) is 11.0. The molecule has 9 nitrogen and oxygen atoms in total. The van der Waals surface area contributed by atoms with Crippen molar-refractivity contribution in [3.63, 3.8) is 0 Å². The molecule has 2 aromatic heterocycles. The molecule has 0 radical (unpaired) electrons. The van der Waals surface area contributed by atoms with Crippen molar-refractivity contribution < 1.29 is 18.9 Å². The molecule has 110 valence electrons. The van der Waals surface area contributed by atoms with Gasteiger partial charge >= 0.3 is 11.7 Å². The van der Waals surface area contributed by atoms with Crippen LogP contribution in [-0.4, -0.2) is 15.8 Å². The van der Waals surface area contributed by atoms with Crippen LogP contribution in [0, 0.1) is 17.0 Å². The fraction of sp³-hybridized carbons (Fsp3) is 0.167. The van der Waals surface area contributed by atoms with E-state index in [4.69, 9.17) is 15.0 Å². The van der Waals surface area contributed by atoms with E-state index in [2.05, 4.69) is 4.98 Å². The van der Waals surface area contributed by atoms with Gasteiger partial charge in [-0.3, -0.25) is 10.2 Å². The first-order valence-electron chi connectivity index (χ1n) is 5.85. The molecule has 0 spiro atoms. The van der Waals surface area contributed by atoms with Crippen LogP contribution < -0.4 is 16.0 Å². The number of nitrogens with zero attached hydrogens (tertiary/aromatic N) is 2. The Morgan fingerprint density at radius 1 is 1.62 bits per heavy atom. The summed E-state index contributed by atoms with van der Waals surface area (Å²) in [6, 6.07) is 4.42. The summed E-state index contributed by atoms with van der Waals surface area (Å²) >= 11 is 0. The normalized spacial score (nSPS) is 10.2. The molecule has 0 bridgehead atoms. The number of carbonyl (C=O) groups excluding carboxylic acids is 1. The third kappa shape index (κ3) is 3.15. The lowest BCUT2D eigenvalue weighted by Crippen LogP contribution is -2.29. The summed E-state index contributed by atoms with van der Waals surface area (Å²) in [4.78, 5) is 25.1. The molecule has 0 unspecified atom stereocenters. The maximum absolute atomic E-state index is 11.3. The lowest BCUT2D eigenvalue weighted by atomic mass is 10.2. The zero-order valence-corrected chi connectivity index (χ0v) is 11.0. The number of nitrogen functional groups attached to an aromatic ring is 1. The van der Waals surface area contributed by atoms with Crippen LogP contribution in [0.1, 0.15) is 21.9 Å². The van der Waals surface area contributed by atoms with Gasteiger partial charge in [0, 0.05) is 5.56 Å². The van der Waals surface area contributed by atoms with Gasteiger partial charge in [0.1, 0.15) is 18.6 Å². The van der Waals surface area contributed by atoms with E-state index in [0.29, 0.717) is 11.3 Å². The van der Waals surface area contributed by atoms with Crippen molar-refractivity contribution in [1.82, 2.24) is 10.4 Å². The van der Waals surface area contributed by atoms with Crippen LogP contribution in [0.15, 0.2) is 28.8 Å². The van der Waals surface area contributed by atoms with Gasteiger partial charge in [0.05, 0.1) is 0 Å². The number of nitrogens with two attached hydrogens (primary N) is 1. The molecule has 0 fully saturated rings. The predicted octanol–water partition coefficient (Wildman–Crippen LogP) is 1.07. The lowest BCUT2D eigenvalue weighted by Gasteiger charge is -2.04. The number of hydrogen-bond donors (Lipinski definition) is 2. The second kappa shape index (κ2) is 6.01. The number of rotatable bonds is 5. The SMILES string of the molecule is Cc1oc(C(=O)NN)cc1COc1cccnc1[N+](=O)[O-]. The molecule has 0 aromatic carbocycles. The number of pyridine rings is 1. The van der Waals surface area contributed by atoms with Crippen molar-refractivity contribution in [2.75, 3.05) is 0 Å². The van der Waals surface area contributed by atoms with Crippen molar-refractivity contribution in [3.8, 4) is 5.75 Å². The van der Waals surface area contributed by atoms with Crippen molar-refractivity contribution in [2.45, 2.75) is 13.5 Å². The Morgan fingerprint density at radius 2 is 2.38 bits per heavy atom. The Hall–Kier alpha value is -2.94. The van der Waals surface area contributed by atoms with Crippen molar-refractivity contribution in [2.24, 2.45) is 5.84 Å². The quantitative estimate of drug-likeness (QED) is 0.364. The van der Waals surface area contributed by atoms with Crippen molar-refractivity contribution in [3.05, 3.63) is 51.6 Å². The zero-order chi connectivity index (χ0) is 15.4. The maximum Gasteiger partial charge on any atom is 0.406 e. The lowest BCUT2D eigenvalue weighted by molar-refractivity contribution is -0.390. The number of ether oxygens (including phenoxy) is 1. The van der Waals surface area contributed by atoms with E-state index in [0.717, 1.165) is 0 Å². The topological polar surface area (TPSA) is 134 Å². The van der Waals surface area contributed by atoms with Gasteiger partial charge in [-0.25, -0.2) is 5.84 Å². The third-order valence-corrected chi connectivity index (χ3v) is 2.68. The molecule has 2 rings (SSSR count). The monoisotopic (exact) mass is 292 g/mol. The summed E-state index contributed by atoms with van der Waals surface area (Å²) in [5, 5.41) is 10.8. The van der Waals surface area contributed by atoms with Gasteiger partial charge in [-0.15, -0.1) is 0 Å². The van der Waals surface area contributed by atoms with Gasteiger partial charge in [0.2, 0.25) is 5.75 Å². The van der Waals surface area contributed by atoms with Crippen molar-refractivity contribution in [1.29, 1.82) is 0 Å². The van der Waals surface area contributed by atoms with E-state index in [1.54, 1.807) is 6.92 Å². The molecule has 0 atom stereocenters. The molecule has 2 heterocycles. The first-order chi connectivity index (χ1) is 10.0.